The van der Waals surface area contributed by atoms with Gasteiger partial charge in [0, 0.05) is 0 Å². The van der Waals surface area contributed by atoms with Crippen molar-refractivity contribution in [2.75, 3.05) is 0 Å². The number of aliphatic hydroxyl groups is 2. The van der Waals surface area contributed by atoms with E-state index in [1.54, 1.807) is 6.08 Å². The Hall–Kier alpha value is -1.74. The van der Waals surface area contributed by atoms with Crippen LogP contribution >= 0.6 is 0 Å². The van der Waals surface area contributed by atoms with Crippen molar-refractivity contribution >= 4 is 0 Å². The second-order valence-electron chi connectivity index (χ2n) is 3.31. The molecule has 90 valence electrons. The highest BCUT2D eigenvalue weighted by Gasteiger charge is 1.89. The maximum Gasteiger partial charge on any atom is 0.134 e. The minimum Gasteiger partial charge on any atom is -0.377 e. The van der Waals surface area contributed by atoms with Gasteiger partial charge >= 0.3 is 0 Å². The number of hydrogen-bond acceptors (Lipinski definition) is 2. The molecule has 0 fully saturated rings. The van der Waals surface area contributed by atoms with Crippen LogP contribution in [0.4, 0.5) is 0 Å². The van der Waals surface area contributed by atoms with Crippen LogP contribution in [0, 0.1) is 23.7 Å². The maximum atomic E-state index is 9.40. The summed E-state index contributed by atoms with van der Waals surface area (Å²) in [4.78, 5) is 0. The summed E-state index contributed by atoms with van der Waals surface area (Å²) in [5.74, 6) is 9.88. The summed E-state index contributed by atoms with van der Waals surface area (Å²) in [5, 5.41) is 18.4. The van der Waals surface area contributed by atoms with Crippen LogP contribution in [0.3, 0.4) is 0 Å². The molecule has 2 N–H and O–H groups in total. The van der Waals surface area contributed by atoms with E-state index in [4.69, 9.17) is 5.11 Å². The summed E-state index contributed by atoms with van der Waals surface area (Å²) in [7, 11) is 0. The molecule has 0 amide bonds. The molecule has 2 heteroatoms. The van der Waals surface area contributed by atoms with Crippen molar-refractivity contribution in [1.29, 1.82) is 0 Å². The van der Waals surface area contributed by atoms with Gasteiger partial charge in [-0.1, -0.05) is 36.6 Å². The fourth-order valence-corrected chi connectivity index (χ4v) is 0.932. The number of hydrogen-bond donors (Lipinski definition) is 2. The fraction of sp³-hybridized carbons (Fsp3) is 0.333. The van der Waals surface area contributed by atoms with E-state index in [1.165, 1.54) is 6.08 Å². The molecule has 0 aromatic carbocycles. The lowest BCUT2D eigenvalue weighted by Crippen LogP contribution is -1.97. The Morgan fingerprint density at radius 2 is 1.65 bits per heavy atom. The zero-order valence-corrected chi connectivity index (χ0v) is 9.89. The molecule has 2 atom stereocenters. The second-order valence-corrected chi connectivity index (χ2v) is 3.31. The van der Waals surface area contributed by atoms with Crippen molar-refractivity contribution in [3.05, 3.63) is 37.5 Å². The fourth-order valence-electron chi connectivity index (χ4n) is 0.932. The zero-order valence-electron chi connectivity index (χ0n) is 9.89. The monoisotopic (exact) mass is 230 g/mol. The largest absolute Gasteiger partial charge is 0.377 e. The van der Waals surface area contributed by atoms with Crippen molar-refractivity contribution in [3.63, 3.8) is 0 Å². The molecule has 0 bridgehead atoms. The molecular weight excluding hydrogens is 212 g/mol. The summed E-state index contributed by atoms with van der Waals surface area (Å²) in [6.45, 7) is 7.00. The third-order valence-electron chi connectivity index (χ3n) is 1.82. The van der Waals surface area contributed by atoms with Crippen LogP contribution in [0.15, 0.2) is 37.5 Å². The molecule has 0 rings (SSSR count). The Balaban J connectivity index is 3.95. The van der Waals surface area contributed by atoms with Gasteiger partial charge in [0.25, 0.3) is 0 Å². The van der Waals surface area contributed by atoms with Crippen molar-refractivity contribution < 1.29 is 10.2 Å². The SMILES string of the molecule is C=CCCC/C=C/[C@H](O)C#CC#C[C@H](O)C=C. The predicted octanol–water partition coefficient (Wildman–Crippen LogP) is 1.81. The van der Waals surface area contributed by atoms with Gasteiger partial charge in [0.1, 0.15) is 12.2 Å². The number of unbranched alkanes of at least 4 members (excludes halogenated alkanes) is 2. The van der Waals surface area contributed by atoms with E-state index in [2.05, 4.69) is 36.8 Å². The zero-order chi connectivity index (χ0) is 12.9. The van der Waals surface area contributed by atoms with Crippen LogP contribution in [-0.2, 0) is 0 Å². The van der Waals surface area contributed by atoms with Crippen molar-refractivity contribution in [2.24, 2.45) is 0 Å². The first kappa shape index (κ1) is 15.3. The highest BCUT2D eigenvalue weighted by molar-refractivity contribution is 5.31. The van der Waals surface area contributed by atoms with E-state index in [0.29, 0.717) is 0 Å². The smallest absolute Gasteiger partial charge is 0.134 e. The summed E-state index contributed by atoms with van der Waals surface area (Å²) < 4.78 is 0. The van der Waals surface area contributed by atoms with Gasteiger partial charge in [-0.2, -0.15) is 0 Å². The standard InChI is InChI=1S/C15H18O2/c1-3-5-6-7-8-12-15(17)13-10-9-11-14(16)4-2/h3-4,8,12,14-17H,1-2,5-7H2/b12-8+/t14-,15+/m1/s1. The van der Waals surface area contributed by atoms with E-state index in [-0.39, 0.29) is 0 Å². The van der Waals surface area contributed by atoms with Gasteiger partial charge in [-0.05, 0) is 37.2 Å². The molecule has 0 aromatic rings. The van der Waals surface area contributed by atoms with Gasteiger partial charge in [-0.15, -0.1) is 6.58 Å². The van der Waals surface area contributed by atoms with Crippen LogP contribution in [0.5, 0.6) is 0 Å². The summed E-state index contributed by atoms with van der Waals surface area (Å²) >= 11 is 0. The first-order chi connectivity index (χ1) is 8.20. The molecule has 0 saturated heterocycles. The molecule has 17 heavy (non-hydrogen) atoms. The van der Waals surface area contributed by atoms with E-state index in [0.717, 1.165) is 19.3 Å². The molecule has 2 nitrogen and oxygen atoms in total. The van der Waals surface area contributed by atoms with Gasteiger partial charge in [0.2, 0.25) is 0 Å². The summed E-state index contributed by atoms with van der Waals surface area (Å²) in [6, 6.07) is 0. The molecule has 0 aliphatic heterocycles. The van der Waals surface area contributed by atoms with Gasteiger partial charge in [0.05, 0.1) is 0 Å². The van der Waals surface area contributed by atoms with Gasteiger partial charge in [-0.3, -0.25) is 0 Å². The van der Waals surface area contributed by atoms with Crippen LogP contribution in [-0.4, -0.2) is 22.4 Å². The Labute approximate surface area is 103 Å². The first-order valence-electron chi connectivity index (χ1n) is 5.48. The van der Waals surface area contributed by atoms with Crippen molar-refractivity contribution in [2.45, 2.75) is 31.5 Å². The molecule has 0 radical (unpaired) electrons. The first-order valence-corrected chi connectivity index (χ1v) is 5.48. The van der Waals surface area contributed by atoms with Crippen LogP contribution in [0.2, 0.25) is 0 Å². The average Bonchev–Trinajstić information content (AvgIpc) is 2.34. The van der Waals surface area contributed by atoms with Crippen LogP contribution in [0.1, 0.15) is 19.3 Å². The Bertz CT molecular complexity index is 371. The van der Waals surface area contributed by atoms with E-state index < -0.39 is 12.2 Å². The highest BCUT2D eigenvalue weighted by atomic mass is 16.3. The number of rotatable bonds is 6. The third kappa shape index (κ3) is 10.5. The van der Waals surface area contributed by atoms with E-state index >= 15 is 0 Å². The van der Waals surface area contributed by atoms with Crippen molar-refractivity contribution in [1.82, 2.24) is 0 Å². The van der Waals surface area contributed by atoms with Gasteiger partial charge in [-0.25, -0.2) is 0 Å². The molecule has 0 aliphatic carbocycles. The molecule has 0 saturated carbocycles. The Morgan fingerprint density at radius 3 is 2.24 bits per heavy atom. The number of aliphatic hydroxyl groups excluding tert-OH is 2. The van der Waals surface area contributed by atoms with Crippen LogP contribution in [0.25, 0.3) is 0 Å². The quantitative estimate of drug-likeness (QED) is 0.415. The Kier molecular flexibility index (Phi) is 9.67. The van der Waals surface area contributed by atoms with E-state index in [1.807, 2.05) is 12.2 Å². The molecule has 0 aromatic heterocycles. The van der Waals surface area contributed by atoms with E-state index in [9.17, 15) is 5.11 Å². The average molecular weight is 230 g/mol. The Morgan fingerprint density at radius 1 is 1.00 bits per heavy atom. The highest BCUT2D eigenvalue weighted by Crippen LogP contribution is 1.97. The lowest BCUT2D eigenvalue weighted by atomic mass is 10.2. The molecule has 0 heterocycles. The lowest BCUT2D eigenvalue weighted by molar-refractivity contribution is 0.280. The topological polar surface area (TPSA) is 40.5 Å². The molecular formula is C15H18O2. The predicted molar refractivity (Wildman–Crippen MR) is 71.0 cm³/mol. The van der Waals surface area contributed by atoms with Crippen LogP contribution < -0.4 is 0 Å². The minimum atomic E-state index is -0.865. The van der Waals surface area contributed by atoms with Gasteiger partial charge < -0.3 is 10.2 Å². The molecule has 0 aliphatic rings. The normalized spacial score (nSPS) is 12.8. The second kappa shape index (κ2) is 10.8. The maximum absolute atomic E-state index is 9.40. The number of allylic oxidation sites excluding steroid dienone is 2. The minimum absolute atomic E-state index is 0.811. The molecule has 0 spiro atoms. The summed E-state index contributed by atoms with van der Waals surface area (Å²) in [6.07, 6.45) is 7.89. The lowest BCUT2D eigenvalue weighted by Gasteiger charge is -1.93. The van der Waals surface area contributed by atoms with Gasteiger partial charge in [0.15, 0.2) is 0 Å². The van der Waals surface area contributed by atoms with Crippen molar-refractivity contribution in [3.8, 4) is 23.7 Å². The molecule has 0 unspecified atom stereocenters. The third-order valence-corrected chi connectivity index (χ3v) is 1.82. The summed E-state index contributed by atoms with van der Waals surface area (Å²) in [5.41, 5.74) is 0.